The molecular weight excluding hydrogens is 370 g/mol. The number of carbonyl (C=O) groups is 1. The van der Waals surface area contributed by atoms with E-state index in [9.17, 15) is 14.9 Å². The van der Waals surface area contributed by atoms with Crippen LogP contribution in [0.25, 0.3) is 10.9 Å². The number of rotatable bonds is 7. The van der Waals surface area contributed by atoms with Crippen LogP contribution in [0.1, 0.15) is 34.3 Å². The fraction of sp³-hybridized carbons (Fsp3) is 0.286. The number of non-ortho nitro benzene ring substituents is 1. The zero-order valence-corrected chi connectivity index (χ0v) is 15.9. The van der Waals surface area contributed by atoms with Gasteiger partial charge in [0.2, 0.25) is 0 Å². The van der Waals surface area contributed by atoms with Gasteiger partial charge in [-0.1, -0.05) is 12.1 Å². The van der Waals surface area contributed by atoms with Crippen LogP contribution in [0.3, 0.4) is 0 Å². The third-order valence-electron chi connectivity index (χ3n) is 5.15. The van der Waals surface area contributed by atoms with Crippen molar-refractivity contribution in [1.29, 1.82) is 0 Å². The van der Waals surface area contributed by atoms with Crippen LogP contribution in [-0.4, -0.2) is 33.9 Å². The second-order valence-corrected chi connectivity index (χ2v) is 7.01. The first-order valence-corrected chi connectivity index (χ1v) is 9.65. The summed E-state index contributed by atoms with van der Waals surface area (Å²) in [6.07, 6.45) is 5.24. The maximum absolute atomic E-state index is 12.5. The van der Waals surface area contributed by atoms with Crippen molar-refractivity contribution in [1.82, 2.24) is 15.3 Å². The number of hydrogen-bond donors (Lipinski definition) is 2. The molecule has 0 atom stereocenters. The number of aromatic nitrogens is 2. The summed E-state index contributed by atoms with van der Waals surface area (Å²) in [4.78, 5) is 31.4. The van der Waals surface area contributed by atoms with Crippen molar-refractivity contribution in [3.63, 3.8) is 0 Å². The highest BCUT2D eigenvalue weighted by atomic mass is 16.6. The molecule has 2 aromatic carbocycles. The van der Waals surface area contributed by atoms with E-state index in [0.29, 0.717) is 36.2 Å². The Kier molecular flexibility index (Phi) is 5.33. The number of amides is 1. The number of nitro groups is 1. The molecule has 0 radical (unpaired) electrons. The van der Waals surface area contributed by atoms with E-state index in [1.807, 2.05) is 12.1 Å². The van der Waals surface area contributed by atoms with Crippen LogP contribution >= 0.6 is 0 Å². The lowest BCUT2D eigenvalue weighted by molar-refractivity contribution is -0.384. The Bertz CT molecular complexity index is 1080. The summed E-state index contributed by atoms with van der Waals surface area (Å²) in [6, 6.07) is 10.4. The van der Waals surface area contributed by atoms with Crippen LogP contribution in [-0.2, 0) is 12.8 Å². The fourth-order valence-corrected chi connectivity index (χ4v) is 3.72. The molecule has 0 unspecified atom stereocenters. The van der Waals surface area contributed by atoms with Gasteiger partial charge in [0.15, 0.2) is 0 Å². The van der Waals surface area contributed by atoms with Gasteiger partial charge in [0.1, 0.15) is 12.1 Å². The van der Waals surface area contributed by atoms with E-state index in [-0.39, 0.29) is 11.6 Å². The molecule has 8 nitrogen and oxygen atoms in total. The van der Waals surface area contributed by atoms with Gasteiger partial charge in [-0.3, -0.25) is 14.9 Å². The molecular formula is C21H21N5O3. The monoisotopic (exact) mass is 391 g/mol. The predicted octanol–water partition coefficient (Wildman–Crippen LogP) is 3.26. The highest BCUT2D eigenvalue weighted by Crippen LogP contribution is 2.25. The van der Waals surface area contributed by atoms with Gasteiger partial charge in [-0.2, -0.15) is 0 Å². The Hall–Kier alpha value is -3.55. The van der Waals surface area contributed by atoms with Crippen molar-refractivity contribution in [2.45, 2.75) is 25.7 Å². The lowest BCUT2D eigenvalue weighted by atomic mass is 10.0. The lowest BCUT2D eigenvalue weighted by Gasteiger charge is -2.11. The van der Waals surface area contributed by atoms with Gasteiger partial charge in [0, 0.05) is 36.2 Å². The molecule has 2 N–H and O–H groups in total. The van der Waals surface area contributed by atoms with Gasteiger partial charge in [-0.15, -0.1) is 0 Å². The smallest absolute Gasteiger partial charge is 0.270 e. The Morgan fingerprint density at radius 3 is 2.90 bits per heavy atom. The number of nitro benzene ring substituents is 1. The number of hydrogen-bond acceptors (Lipinski definition) is 6. The number of carbonyl (C=O) groups excluding carboxylic acids is 1. The van der Waals surface area contributed by atoms with Crippen LogP contribution < -0.4 is 10.6 Å². The maximum atomic E-state index is 12.5. The van der Waals surface area contributed by atoms with Crippen molar-refractivity contribution < 1.29 is 9.72 Å². The number of nitrogens with zero attached hydrogens (tertiary/aromatic N) is 3. The van der Waals surface area contributed by atoms with E-state index in [2.05, 4.69) is 26.7 Å². The molecule has 1 amide bonds. The predicted molar refractivity (Wildman–Crippen MR) is 110 cm³/mol. The van der Waals surface area contributed by atoms with E-state index in [1.165, 1.54) is 29.6 Å². The van der Waals surface area contributed by atoms with Crippen molar-refractivity contribution in [3.8, 4) is 0 Å². The Balaban J connectivity index is 1.33. The van der Waals surface area contributed by atoms with E-state index in [4.69, 9.17) is 0 Å². The number of benzene rings is 2. The van der Waals surface area contributed by atoms with E-state index in [0.717, 1.165) is 24.8 Å². The molecule has 29 heavy (non-hydrogen) atoms. The summed E-state index contributed by atoms with van der Waals surface area (Å²) < 4.78 is 0. The van der Waals surface area contributed by atoms with Crippen LogP contribution in [0.2, 0.25) is 0 Å². The Morgan fingerprint density at radius 2 is 2.03 bits per heavy atom. The summed E-state index contributed by atoms with van der Waals surface area (Å²) in [6.45, 7) is 1.10. The first-order valence-electron chi connectivity index (χ1n) is 9.65. The molecule has 0 aliphatic heterocycles. The highest BCUT2D eigenvalue weighted by molar-refractivity contribution is 5.96. The Morgan fingerprint density at radius 1 is 1.14 bits per heavy atom. The summed E-state index contributed by atoms with van der Waals surface area (Å²) in [5.74, 6) is 0.512. The topological polar surface area (TPSA) is 110 Å². The molecule has 1 aliphatic rings. The minimum atomic E-state index is -0.438. The summed E-state index contributed by atoms with van der Waals surface area (Å²) in [5, 5.41) is 17.8. The quantitative estimate of drug-likeness (QED) is 0.363. The standard InChI is InChI=1S/C21H21N5O3/c27-21(17-7-2-5-14-4-1-6-16(14)17)23-11-3-10-22-20-18-12-15(26(28)29)8-9-19(18)24-13-25-20/h2,5,7-9,12-13H,1,3-4,6,10-11H2,(H,23,27)(H,22,24,25). The second kappa shape index (κ2) is 8.22. The summed E-state index contributed by atoms with van der Waals surface area (Å²) >= 11 is 0. The first-order chi connectivity index (χ1) is 14.1. The molecule has 1 aromatic heterocycles. The molecule has 1 heterocycles. The molecule has 0 bridgehead atoms. The van der Waals surface area contributed by atoms with Gasteiger partial charge in [-0.25, -0.2) is 9.97 Å². The first kappa shape index (κ1) is 18.8. The van der Waals surface area contributed by atoms with Gasteiger partial charge in [-0.05, 0) is 48.9 Å². The van der Waals surface area contributed by atoms with Crippen molar-refractivity contribution in [2.24, 2.45) is 0 Å². The van der Waals surface area contributed by atoms with Gasteiger partial charge in [0.25, 0.3) is 11.6 Å². The minimum absolute atomic E-state index is 0.00185. The highest BCUT2D eigenvalue weighted by Gasteiger charge is 2.18. The Labute approximate surface area is 167 Å². The van der Waals surface area contributed by atoms with Gasteiger partial charge in [0.05, 0.1) is 10.4 Å². The zero-order chi connectivity index (χ0) is 20.2. The van der Waals surface area contributed by atoms with E-state index >= 15 is 0 Å². The fourth-order valence-electron chi connectivity index (χ4n) is 3.72. The second-order valence-electron chi connectivity index (χ2n) is 7.01. The average molecular weight is 391 g/mol. The van der Waals surface area contributed by atoms with Crippen LogP contribution in [0, 0.1) is 10.1 Å². The molecule has 8 heteroatoms. The molecule has 0 saturated heterocycles. The number of anilines is 1. The maximum Gasteiger partial charge on any atom is 0.270 e. The molecule has 148 valence electrons. The molecule has 1 aliphatic carbocycles. The molecule has 0 fully saturated rings. The van der Waals surface area contributed by atoms with E-state index < -0.39 is 4.92 Å². The van der Waals surface area contributed by atoms with Crippen LogP contribution in [0.15, 0.2) is 42.7 Å². The number of fused-ring (bicyclic) bond motifs is 2. The minimum Gasteiger partial charge on any atom is -0.369 e. The molecule has 0 spiro atoms. The molecule has 4 rings (SSSR count). The van der Waals surface area contributed by atoms with Gasteiger partial charge >= 0.3 is 0 Å². The molecule has 3 aromatic rings. The van der Waals surface area contributed by atoms with Crippen molar-refractivity contribution in [3.05, 3.63) is 69.5 Å². The van der Waals surface area contributed by atoms with Crippen molar-refractivity contribution in [2.75, 3.05) is 18.4 Å². The largest absolute Gasteiger partial charge is 0.369 e. The SMILES string of the molecule is O=C(NCCCNc1ncnc2ccc([N+](=O)[O-])cc12)c1cccc2c1CCC2. The van der Waals surface area contributed by atoms with Crippen LogP contribution in [0.4, 0.5) is 11.5 Å². The lowest BCUT2D eigenvalue weighted by Crippen LogP contribution is -2.26. The van der Waals surface area contributed by atoms with Gasteiger partial charge < -0.3 is 10.6 Å². The van der Waals surface area contributed by atoms with Crippen LogP contribution in [0.5, 0.6) is 0 Å². The normalized spacial score (nSPS) is 12.6. The van der Waals surface area contributed by atoms with E-state index in [1.54, 1.807) is 6.07 Å². The summed E-state index contributed by atoms with van der Waals surface area (Å²) in [7, 11) is 0. The average Bonchev–Trinajstić information content (AvgIpc) is 3.22. The number of aryl methyl sites for hydroxylation is 1. The third-order valence-corrected chi connectivity index (χ3v) is 5.15. The van der Waals surface area contributed by atoms with Crippen molar-refractivity contribution >= 4 is 28.3 Å². The third kappa shape index (κ3) is 4.01. The molecule has 0 saturated carbocycles. The number of nitrogens with one attached hydrogen (secondary N) is 2. The zero-order valence-electron chi connectivity index (χ0n) is 15.9. The summed E-state index contributed by atoms with van der Waals surface area (Å²) in [5.41, 5.74) is 3.88.